The Kier molecular flexibility index (Phi) is 29.5. The molecule has 0 aromatic heterocycles. The highest BCUT2D eigenvalue weighted by molar-refractivity contribution is 7.47. The van der Waals surface area contributed by atoms with E-state index in [0.717, 1.165) is 44.9 Å². The van der Waals surface area contributed by atoms with Crippen LogP contribution in [0.4, 0.5) is 0 Å². The molecule has 1 aliphatic carbocycles. The molecule has 314 valence electrons. The molecular formula is C40H78NO11P. The predicted octanol–water partition coefficient (Wildman–Crippen LogP) is 6.89. The van der Waals surface area contributed by atoms with Gasteiger partial charge in [-0.1, -0.05) is 167 Å². The number of rotatable bonds is 34. The minimum atomic E-state index is -5.07. The van der Waals surface area contributed by atoms with Crippen molar-refractivity contribution in [2.45, 2.75) is 230 Å². The zero-order valence-electron chi connectivity index (χ0n) is 33.1. The van der Waals surface area contributed by atoms with E-state index in [1.807, 2.05) is 6.08 Å². The number of hydrogen-bond donors (Lipinski definition) is 8. The van der Waals surface area contributed by atoms with Crippen molar-refractivity contribution in [1.82, 2.24) is 5.32 Å². The normalized spacial score (nSPS) is 24.3. The summed E-state index contributed by atoms with van der Waals surface area (Å²) in [6, 6.07) is -1.11. The minimum Gasteiger partial charge on any atom is -0.387 e. The molecule has 0 bridgehead atoms. The van der Waals surface area contributed by atoms with Crippen LogP contribution in [-0.4, -0.2) is 96.8 Å². The number of amides is 1. The fourth-order valence-corrected chi connectivity index (χ4v) is 7.75. The van der Waals surface area contributed by atoms with Crippen molar-refractivity contribution < 1.29 is 53.9 Å². The van der Waals surface area contributed by atoms with Gasteiger partial charge in [0, 0.05) is 6.42 Å². The molecule has 1 fully saturated rings. The molecular weight excluding hydrogens is 701 g/mol. The summed E-state index contributed by atoms with van der Waals surface area (Å²) in [6.45, 7) is 3.81. The fourth-order valence-electron chi connectivity index (χ4n) is 6.78. The number of aliphatic hydroxyl groups excluding tert-OH is 6. The Bertz CT molecular complexity index is 957. The van der Waals surface area contributed by atoms with E-state index in [1.54, 1.807) is 0 Å². The molecule has 0 aromatic rings. The van der Waals surface area contributed by atoms with E-state index in [0.29, 0.717) is 6.42 Å². The van der Waals surface area contributed by atoms with E-state index >= 15 is 0 Å². The topological polar surface area (TPSA) is 206 Å². The summed E-state index contributed by atoms with van der Waals surface area (Å²) in [5.74, 6) is -0.341. The number of nitrogens with one attached hydrogen (secondary N) is 1. The molecule has 9 atom stereocenters. The van der Waals surface area contributed by atoms with Crippen LogP contribution in [0.2, 0.25) is 0 Å². The van der Waals surface area contributed by atoms with E-state index in [-0.39, 0.29) is 12.3 Å². The standard InChI is InChI=1S/C40H78NO11P/c1-3-5-7-9-11-13-15-17-19-21-23-25-27-29-33(42)32(31-51-53(49,50)52-40-38(47)36(45)35(44)37(46)39(40)48)41-34(43)30-28-26-24-22-20-18-16-14-12-10-8-6-4-2/h27,29,32-33,35-40,42,44-48H,3-26,28,30-31H2,1-2H3,(H,41,43)(H,49,50)/b29-27+/t32?,33?,35?,36-,37+,38-,39-,40?/m1/s1. The number of unbranched alkanes of at least 4 members (excludes halogenated alkanes) is 23. The summed E-state index contributed by atoms with van der Waals surface area (Å²) in [7, 11) is -5.07. The summed E-state index contributed by atoms with van der Waals surface area (Å²) in [5.41, 5.74) is 0. The molecule has 1 rings (SSSR count). The first-order chi connectivity index (χ1) is 25.4. The molecule has 0 saturated heterocycles. The van der Waals surface area contributed by atoms with Gasteiger partial charge in [0.05, 0.1) is 18.8 Å². The number of carbonyl (C=O) groups is 1. The van der Waals surface area contributed by atoms with E-state index < -0.39 is 63.2 Å². The number of carbonyl (C=O) groups excluding carboxylic acids is 1. The van der Waals surface area contributed by atoms with Gasteiger partial charge in [0.1, 0.15) is 36.6 Å². The van der Waals surface area contributed by atoms with Crippen LogP contribution in [-0.2, 0) is 18.4 Å². The molecule has 0 spiro atoms. The molecule has 0 aliphatic heterocycles. The van der Waals surface area contributed by atoms with Crippen LogP contribution in [0.25, 0.3) is 0 Å². The minimum absolute atomic E-state index is 0.218. The van der Waals surface area contributed by atoms with Crippen LogP contribution in [0.15, 0.2) is 12.2 Å². The molecule has 0 radical (unpaired) electrons. The van der Waals surface area contributed by atoms with E-state index in [1.165, 1.54) is 115 Å². The van der Waals surface area contributed by atoms with Gasteiger partial charge in [-0.2, -0.15) is 0 Å². The van der Waals surface area contributed by atoms with Gasteiger partial charge in [0.25, 0.3) is 0 Å². The summed E-state index contributed by atoms with van der Waals surface area (Å²) in [6.07, 6.45) is 20.0. The third-order valence-corrected chi connectivity index (χ3v) is 11.3. The molecule has 1 saturated carbocycles. The Morgan fingerprint density at radius 1 is 0.623 bits per heavy atom. The highest BCUT2D eigenvalue weighted by atomic mass is 31.2. The number of hydrogen-bond acceptors (Lipinski definition) is 10. The lowest BCUT2D eigenvalue weighted by atomic mass is 9.85. The number of allylic oxidation sites excluding steroid dienone is 1. The maximum absolute atomic E-state index is 12.9. The highest BCUT2D eigenvalue weighted by Crippen LogP contribution is 2.47. The summed E-state index contributed by atoms with van der Waals surface area (Å²) in [4.78, 5) is 23.3. The Labute approximate surface area is 320 Å². The average molecular weight is 780 g/mol. The van der Waals surface area contributed by atoms with Gasteiger partial charge in [-0.25, -0.2) is 4.57 Å². The van der Waals surface area contributed by atoms with Crippen molar-refractivity contribution in [2.75, 3.05) is 6.61 Å². The lowest BCUT2D eigenvalue weighted by Gasteiger charge is -2.41. The molecule has 0 aromatic carbocycles. The third kappa shape index (κ3) is 23.7. The maximum Gasteiger partial charge on any atom is 0.472 e. The molecule has 12 nitrogen and oxygen atoms in total. The van der Waals surface area contributed by atoms with Gasteiger partial charge < -0.3 is 40.8 Å². The van der Waals surface area contributed by atoms with Gasteiger partial charge in [-0.15, -0.1) is 0 Å². The number of aliphatic hydroxyl groups is 6. The first kappa shape index (κ1) is 50.1. The zero-order chi connectivity index (χ0) is 39.3. The Balaban J connectivity index is 2.56. The lowest BCUT2D eigenvalue weighted by Crippen LogP contribution is -2.64. The van der Waals surface area contributed by atoms with Crippen LogP contribution in [0.5, 0.6) is 0 Å². The van der Waals surface area contributed by atoms with Gasteiger partial charge in [0.2, 0.25) is 5.91 Å². The van der Waals surface area contributed by atoms with Gasteiger partial charge in [0.15, 0.2) is 0 Å². The quantitative estimate of drug-likeness (QED) is 0.0192. The lowest BCUT2D eigenvalue weighted by molar-refractivity contribution is -0.220. The Morgan fingerprint density at radius 3 is 1.43 bits per heavy atom. The van der Waals surface area contributed by atoms with Crippen molar-refractivity contribution in [2.24, 2.45) is 0 Å². The second kappa shape index (κ2) is 31.2. The molecule has 1 amide bonds. The average Bonchev–Trinajstić information content (AvgIpc) is 3.13. The van der Waals surface area contributed by atoms with E-state index in [4.69, 9.17) is 9.05 Å². The molecule has 8 N–H and O–H groups in total. The van der Waals surface area contributed by atoms with Crippen molar-refractivity contribution in [1.29, 1.82) is 0 Å². The second-order valence-corrected chi connectivity index (χ2v) is 16.6. The smallest absolute Gasteiger partial charge is 0.387 e. The van der Waals surface area contributed by atoms with Crippen molar-refractivity contribution >= 4 is 13.7 Å². The number of phosphoric acid groups is 1. The molecule has 53 heavy (non-hydrogen) atoms. The SMILES string of the molecule is CCCCCCCCCCCCC/C=C/C(O)C(COP(=O)(O)OC1[C@H](O)[C@H](O)C(O)[C@H](O)[C@H]1O)NC(=O)CCCCCCCCCCCCCCC. The maximum atomic E-state index is 12.9. The summed E-state index contributed by atoms with van der Waals surface area (Å²) < 4.78 is 22.8. The number of phosphoric ester groups is 1. The Morgan fingerprint density at radius 2 is 1.00 bits per heavy atom. The predicted molar refractivity (Wildman–Crippen MR) is 209 cm³/mol. The van der Waals surface area contributed by atoms with Gasteiger partial charge in [-0.3, -0.25) is 13.8 Å². The first-order valence-corrected chi connectivity index (χ1v) is 22.6. The summed E-state index contributed by atoms with van der Waals surface area (Å²) in [5, 5.41) is 63.8. The second-order valence-electron chi connectivity index (χ2n) is 15.2. The van der Waals surface area contributed by atoms with Crippen molar-refractivity contribution in [3.8, 4) is 0 Å². The highest BCUT2D eigenvalue weighted by Gasteiger charge is 2.51. The van der Waals surface area contributed by atoms with Crippen LogP contribution < -0.4 is 5.32 Å². The van der Waals surface area contributed by atoms with E-state index in [9.17, 15) is 44.9 Å². The van der Waals surface area contributed by atoms with Crippen LogP contribution in [0, 0.1) is 0 Å². The largest absolute Gasteiger partial charge is 0.472 e. The molecule has 13 heteroatoms. The summed E-state index contributed by atoms with van der Waals surface area (Å²) >= 11 is 0. The van der Waals surface area contributed by atoms with Crippen molar-refractivity contribution in [3.05, 3.63) is 12.2 Å². The van der Waals surface area contributed by atoms with Crippen LogP contribution in [0.1, 0.15) is 181 Å². The first-order valence-electron chi connectivity index (χ1n) is 21.1. The Hall–Kier alpha value is -0.920. The zero-order valence-corrected chi connectivity index (χ0v) is 34.0. The fraction of sp³-hybridized carbons (Fsp3) is 0.925. The van der Waals surface area contributed by atoms with Crippen LogP contribution in [0.3, 0.4) is 0 Å². The molecule has 1 aliphatic rings. The molecule has 0 heterocycles. The van der Waals surface area contributed by atoms with Crippen molar-refractivity contribution in [3.63, 3.8) is 0 Å². The third-order valence-electron chi connectivity index (χ3n) is 10.3. The monoisotopic (exact) mass is 780 g/mol. The van der Waals surface area contributed by atoms with E-state index in [2.05, 4.69) is 19.2 Å². The van der Waals surface area contributed by atoms with Gasteiger partial charge in [-0.05, 0) is 19.3 Å². The molecule has 5 unspecified atom stereocenters. The van der Waals surface area contributed by atoms with Gasteiger partial charge >= 0.3 is 7.82 Å². The van der Waals surface area contributed by atoms with Crippen LogP contribution >= 0.6 is 7.82 Å².